The molecule has 2 amide bonds. The summed E-state index contributed by atoms with van der Waals surface area (Å²) in [7, 11) is -2.12. The standard InChI is InChI=1S/C23H25N3O5S/c1-3-26-22(27)20(18-11-4-5-12-19(18)31-2)21(23(26)28)24-16-9-8-10-17(15-16)32(29,30)25-13-6-7-14-25/h4-5,8-12,15,24H,3,6-7,13-14H2,1-2H3. The average molecular weight is 456 g/mol. The summed E-state index contributed by atoms with van der Waals surface area (Å²) < 4.78 is 32.8. The fraction of sp³-hybridized carbons (Fsp3) is 0.304. The molecule has 2 aromatic carbocycles. The topological polar surface area (TPSA) is 96.0 Å². The second kappa shape index (κ2) is 8.76. The number of rotatable bonds is 7. The second-order valence-electron chi connectivity index (χ2n) is 7.57. The van der Waals surface area contributed by atoms with Gasteiger partial charge in [-0.1, -0.05) is 24.3 Å². The first-order valence-electron chi connectivity index (χ1n) is 10.5. The molecule has 0 unspecified atom stereocenters. The molecule has 0 aliphatic carbocycles. The third-order valence-corrected chi connectivity index (χ3v) is 7.56. The Morgan fingerprint density at radius 3 is 2.41 bits per heavy atom. The number of ether oxygens (including phenoxy) is 1. The monoisotopic (exact) mass is 455 g/mol. The lowest BCUT2D eigenvalue weighted by atomic mass is 10.0. The Bertz CT molecular complexity index is 1200. The van der Waals surface area contributed by atoms with Crippen molar-refractivity contribution in [3.05, 3.63) is 59.8 Å². The largest absolute Gasteiger partial charge is 0.496 e. The van der Waals surface area contributed by atoms with Crippen LogP contribution in [-0.4, -0.2) is 56.2 Å². The SMILES string of the molecule is CCN1C(=O)C(Nc2cccc(S(=O)(=O)N3CCCC3)c2)=C(c2ccccc2OC)C1=O. The molecule has 1 N–H and O–H groups in total. The van der Waals surface area contributed by atoms with Crippen molar-refractivity contribution in [3.63, 3.8) is 0 Å². The molecule has 1 saturated heterocycles. The molecule has 0 radical (unpaired) electrons. The Labute approximate surface area is 187 Å². The van der Waals surface area contributed by atoms with Gasteiger partial charge in [-0.15, -0.1) is 0 Å². The van der Waals surface area contributed by atoms with E-state index in [2.05, 4.69) is 5.32 Å². The minimum absolute atomic E-state index is 0.0945. The van der Waals surface area contributed by atoms with Crippen LogP contribution in [0.1, 0.15) is 25.3 Å². The van der Waals surface area contributed by atoms with Gasteiger partial charge in [0.1, 0.15) is 11.4 Å². The van der Waals surface area contributed by atoms with Crippen LogP contribution in [-0.2, 0) is 19.6 Å². The Morgan fingerprint density at radius 2 is 1.72 bits per heavy atom. The molecule has 2 heterocycles. The summed E-state index contributed by atoms with van der Waals surface area (Å²) in [6, 6.07) is 13.3. The van der Waals surface area contributed by atoms with E-state index >= 15 is 0 Å². The van der Waals surface area contributed by atoms with Crippen molar-refractivity contribution in [3.8, 4) is 5.75 Å². The summed E-state index contributed by atoms with van der Waals surface area (Å²) in [6.07, 6.45) is 1.69. The van der Waals surface area contributed by atoms with Gasteiger partial charge in [0.2, 0.25) is 10.0 Å². The molecule has 168 valence electrons. The minimum Gasteiger partial charge on any atom is -0.496 e. The summed E-state index contributed by atoms with van der Waals surface area (Å²) in [4.78, 5) is 27.4. The van der Waals surface area contributed by atoms with Crippen LogP contribution in [0.4, 0.5) is 5.69 Å². The molecule has 8 nitrogen and oxygen atoms in total. The van der Waals surface area contributed by atoms with Crippen molar-refractivity contribution in [1.82, 2.24) is 9.21 Å². The summed E-state index contributed by atoms with van der Waals surface area (Å²) in [5.41, 5.74) is 1.19. The lowest BCUT2D eigenvalue weighted by molar-refractivity contribution is -0.136. The highest BCUT2D eigenvalue weighted by atomic mass is 32.2. The Hall–Kier alpha value is -3.17. The van der Waals surface area contributed by atoms with Crippen molar-refractivity contribution in [1.29, 1.82) is 0 Å². The molecular formula is C23H25N3O5S. The molecular weight excluding hydrogens is 430 g/mol. The number of carbonyl (C=O) groups excluding carboxylic acids is 2. The molecule has 0 spiro atoms. The van der Waals surface area contributed by atoms with Crippen molar-refractivity contribution in [2.45, 2.75) is 24.7 Å². The third-order valence-electron chi connectivity index (χ3n) is 5.67. The molecule has 4 rings (SSSR count). The van der Waals surface area contributed by atoms with E-state index in [0.29, 0.717) is 30.1 Å². The smallest absolute Gasteiger partial charge is 0.278 e. The number of sulfonamides is 1. The number of likely N-dealkylation sites (N-methyl/N-ethyl adjacent to an activating group) is 1. The number of hydrogen-bond acceptors (Lipinski definition) is 6. The third kappa shape index (κ3) is 3.78. The highest BCUT2D eigenvalue weighted by Gasteiger charge is 2.39. The number of anilines is 1. The van der Waals surface area contributed by atoms with Gasteiger partial charge >= 0.3 is 0 Å². The van der Waals surface area contributed by atoms with Crippen molar-refractivity contribution in [2.75, 3.05) is 32.1 Å². The Balaban J connectivity index is 1.76. The quantitative estimate of drug-likeness (QED) is 0.645. The first-order chi connectivity index (χ1) is 15.4. The maximum Gasteiger partial charge on any atom is 0.278 e. The molecule has 0 aromatic heterocycles. The van der Waals surface area contributed by atoms with E-state index in [-0.39, 0.29) is 22.7 Å². The highest BCUT2D eigenvalue weighted by molar-refractivity contribution is 7.89. The van der Waals surface area contributed by atoms with Crippen LogP contribution in [0.5, 0.6) is 5.75 Å². The number of nitrogens with one attached hydrogen (secondary N) is 1. The number of nitrogens with zero attached hydrogens (tertiary/aromatic N) is 2. The van der Waals surface area contributed by atoms with E-state index in [0.717, 1.165) is 17.7 Å². The van der Waals surface area contributed by atoms with Gasteiger partial charge in [0.05, 0.1) is 17.6 Å². The number of methoxy groups -OCH3 is 1. The van der Waals surface area contributed by atoms with Gasteiger partial charge in [0.15, 0.2) is 0 Å². The first-order valence-corrected chi connectivity index (χ1v) is 11.9. The number of benzene rings is 2. The Kier molecular flexibility index (Phi) is 6.03. The van der Waals surface area contributed by atoms with Gasteiger partial charge in [-0.2, -0.15) is 4.31 Å². The van der Waals surface area contributed by atoms with E-state index in [4.69, 9.17) is 4.74 Å². The van der Waals surface area contributed by atoms with Gasteiger partial charge < -0.3 is 10.1 Å². The lowest BCUT2D eigenvalue weighted by Crippen LogP contribution is -2.32. The van der Waals surface area contributed by atoms with E-state index in [1.54, 1.807) is 43.3 Å². The highest BCUT2D eigenvalue weighted by Crippen LogP contribution is 2.35. The van der Waals surface area contributed by atoms with Crippen LogP contribution in [0.3, 0.4) is 0 Å². The predicted molar refractivity (Wildman–Crippen MR) is 120 cm³/mol. The van der Waals surface area contributed by atoms with Crippen LogP contribution < -0.4 is 10.1 Å². The van der Waals surface area contributed by atoms with E-state index < -0.39 is 21.8 Å². The zero-order chi connectivity index (χ0) is 22.9. The number of carbonyl (C=O) groups is 2. The van der Waals surface area contributed by atoms with E-state index in [1.807, 2.05) is 0 Å². The van der Waals surface area contributed by atoms with Crippen LogP contribution in [0, 0.1) is 0 Å². The van der Waals surface area contributed by atoms with Gasteiger partial charge in [-0.3, -0.25) is 14.5 Å². The number of imide groups is 1. The van der Waals surface area contributed by atoms with Crippen LogP contribution >= 0.6 is 0 Å². The normalized spacial score (nSPS) is 17.4. The van der Waals surface area contributed by atoms with Crippen LogP contribution in [0.15, 0.2) is 59.1 Å². The van der Waals surface area contributed by atoms with Crippen molar-refractivity contribution >= 4 is 33.1 Å². The summed E-state index contributed by atoms with van der Waals surface area (Å²) >= 11 is 0. The lowest BCUT2D eigenvalue weighted by Gasteiger charge is -2.17. The number of hydrogen-bond donors (Lipinski definition) is 1. The maximum absolute atomic E-state index is 13.1. The van der Waals surface area contributed by atoms with Gasteiger partial charge in [0.25, 0.3) is 11.8 Å². The first kappa shape index (κ1) is 22.0. The van der Waals surface area contributed by atoms with Gasteiger partial charge in [-0.25, -0.2) is 8.42 Å². The maximum atomic E-state index is 13.1. The van der Waals surface area contributed by atoms with E-state index in [9.17, 15) is 18.0 Å². The molecule has 2 aliphatic rings. The molecule has 32 heavy (non-hydrogen) atoms. The molecule has 2 aromatic rings. The molecule has 2 aliphatic heterocycles. The van der Waals surface area contributed by atoms with E-state index in [1.165, 1.54) is 23.5 Å². The summed E-state index contributed by atoms with van der Waals surface area (Å²) in [6.45, 7) is 2.94. The molecule has 9 heteroatoms. The number of para-hydroxylation sites is 1. The summed E-state index contributed by atoms with van der Waals surface area (Å²) in [5, 5.41) is 3.02. The van der Waals surface area contributed by atoms with Gasteiger partial charge in [-0.05, 0) is 44.0 Å². The van der Waals surface area contributed by atoms with Crippen LogP contribution in [0.2, 0.25) is 0 Å². The fourth-order valence-electron chi connectivity index (χ4n) is 4.04. The minimum atomic E-state index is -3.62. The molecule has 0 saturated carbocycles. The van der Waals surface area contributed by atoms with Crippen molar-refractivity contribution in [2.24, 2.45) is 0 Å². The zero-order valence-corrected chi connectivity index (χ0v) is 18.8. The average Bonchev–Trinajstić information content (AvgIpc) is 3.42. The predicted octanol–water partition coefficient (Wildman–Crippen LogP) is 2.69. The zero-order valence-electron chi connectivity index (χ0n) is 18.0. The Morgan fingerprint density at radius 1 is 1.00 bits per heavy atom. The fourth-order valence-corrected chi connectivity index (χ4v) is 5.60. The second-order valence-corrected chi connectivity index (χ2v) is 9.51. The molecule has 0 atom stereocenters. The number of amides is 2. The molecule has 1 fully saturated rings. The molecule has 0 bridgehead atoms. The van der Waals surface area contributed by atoms with Crippen LogP contribution in [0.25, 0.3) is 5.57 Å². The van der Waals surface area contributed by atoms with Crippen molar-refractivity contribution < 1.29 is 22.7 Å². The summed E-state index contributed by atoms with van der Waals surface area (Å²) in [5.74, 6) is -0.428. The van der Waals surface area contributed by atoms with Gasteiger partial charge in [0, 0.05) is 30.9 Å².